The molecule has 0 amide bonds. The van der Waals surface area contributed by atoms with Gasteiger partial charge >= 0.3 is 0 Å². The summed E-state index contributed by atoms with van der Waals surface area (Å²) in [7, 11) is -0.438. The highest BCUT2D eigenvalue weighted by Gasteiger charge is 2.18. The quantitative estimate of drug-likeness (QED) is 0.885. The Morgan fingerprint density at radius 1 is 1.14 bits per heavy atom. The first kappa shape index (κ1) is 15.5. The monoisotopic (exact) mass is 315 g/mol. The number of hydrogen-bond acceptors (Lipinski definition) is 3. The number of hydrogen-bond donors (Lipinski definition) is 2. The second-order valence-corrected chi connectivity index (χ2v) is 6.25. The van der Waals surface area contributed by atoms with Crippen LogP contribution in [0.3, 0.4) is 0 Å². The number of nitrogens with one attached hydrogen (secondary N) is 2. The SMILES string of the molecule is CNCc1cc(S(=O)(=O)Nc2cc(F)cc(F)c2)cn1C. The van der Waals surface area contributed by atoms with Gasteiger partial charge in [-0.2, -0.15) is 0 Å². The molecule has 1 heterocycles. The molecule has 0 spiro atoms. The molecule has 1 aromatic heterocycles. The van der Waals surface area contributed by atoms with E-state index in [9.17, 15) is 17.2 Å². The second kappa shape index (κ2) is 5.82. The van der Waals surface area contributed by atoms with Gasteiger partial charge in [0.25, 0.3) is 10.0 Å². The van der Waals surface area contributed by atoms with Gasteiger partial charge in [0, 0.05) is 31.5 Å². The van der Waals surface area contributed by atoms with Crippen LogP contribution in [0.15, 0.2) is 35.4 Å². The molecule has 0 atom stereocenters. The third kappa shape index (κ3) is 3.59. The van der Waals surface area contributed by atoms with E-state index in [1.54, 1.807) is 18.7 Å². The number of sulfonamides is 1. The van der Waals surface area contributed by atoms with Crippen LogP contribution in [0, 0.1) is 11.6 Å². The molecule has 0 aliphatic heterocycles. The lowest BCUT2D eigenvalue weighted by molar-refractivity contribution is 0.584. The lowest BCUT2D eigenvalue weighted by Crippen LogP contribution is -2.12. The molecule has 0 bridgehead atoms. The average molecular weight is 315 g/mol. The summed E-state index contributed by atoms with van der Waals surface area (Å²) in [4.78, 5) is 0.0277. The maximum atomic E-state index is 13.1. The van der Waals surface area contributed by atoms with Crippen LogP contribution < -0.4 is 10.0 Å². The lowest BCUT2D eigenvalue weighted by Gasteiger charge is -2.06. The van der Waals surface area contributed by atoms with Gasteiger partial charge in [0.15, 0.2) is 0 Å². The molecule has 21 heavy (non-hydrogen) atoms. The van der Waals surface area contributed by atoms with E-state index in [-0.39, 0.29) is 10.6 Å². The van der Waals surface area contributed by atoms with Crippen LogP contribution >= 0.6 is 0 Å². The van der Waals surface area contributed by atoms with Gasteiger partial charge in [-0.3, -0.25) is 4.72 Å². The van der Waals surface area contributed by atoms with Crippen molar-refractivity contribution in [1.82, 2.24) is 9.88 Å². The minimum absolute atomic E-state index is 0.0277. The first-order valence-electron chi connectivity index (χ1n) is 6.10. The van der Waals surface area contributed by atoms with Crippen LogP contribution in [0.1, 0.15) is 5.69 Å². The molecule has 0 unspecified atom stereocenters. The molecule has 2 aromatic rings. The predicted octanol–water partition coefficient (Wildman–Crippen LogP) is 1.82. The third-order valence-electron chi connectivity index (χ3n) is 2.87. The summed E-state index contributed by atoms with van der Waals surface area (Å²) in [6, 6.07) is 4.00. The largest absolute Gasteiger partial charge is 0.352 e. The van der Waals surface area contributed by atoms with Crippen molar-refractivity contribution in [3.8, 4) is 0 Å². The van der Waals surface area contributed by atoms with Crippen molar-refractivity contribution < 1.29 is 17.2 Å². The van der Waals surface area contributed by atoms with Crippen molar-refractivity contribution in [3.63, 3.8) is 0 Å². The Hall–Kier alpha value is -1.93. The van der Waals surface area contributed by atoms with Gasteiger partial charge in [-0.1, -0.05) is 0 Å². The van der Waals surface area contributed by atoms with E-state index in [1.807, 2.05) is 0 Å². The van der Waals surface area contributed by atoms with Crippen molar-refractivity contribution in [2.45, 2.75) is 11.4 Å². The Kier molecular flexibility index (Phi) is 4.29. The van der Waals surface area contributed by atoms with Gasteiger partial charge in [0.2, 0.25) is 0 Å². The average Bonchev–Trinajstić information content (AvgIpc) is 2.70. The molecule has 0 saturated carbocycles. The van der Waals surface area contributed by atoms with Crippen LogP contribution in [-0.4, -0.2) is 20.0 Å². The molecule has 0 aliphatic rings. The molecule has 1 aromatic carbocycles. The zero-order valence-electron chi connectivity index (χ0n) is 11.5. The summed E-state index contributed by atoms with van der Waals surface area (Å²) < 4.78 is 54.4. The van der Waals surface area contributed by atoms with Crippen molar-refractivity contribution in [1.29, 1.82) is 0 Å². The van der Waals surface area contributed by atoms with Crippen molar-refractivity contribution in [3.05, 3.63) is 47.8 Å². The minimum Gasteiger partial charge on any atom is -0.352 e. The maximum Gasteiger partial charge on any atom is 0.263 e. The molecule has 8 heteroatoms. The van der Waals surface area contributed by atoms with E-state index in [1.165, 1.54) is 12.3 Å². The van der Waals surface area contributed by atoms with Crippen LogP contribution in [0.2, 0.25) is 0 Å². The molecular weight excluding hydrogens is 300 g/mol. The van der Waals surface area contributed by atoms with Crippen LogP contribution in [0.5, 0.6) is 0 Å². The predicted molar refractivity (Wildman–Crippen MR) is 75.3 cm³/mol. The number of anilines is 1. The summed E-state index contributed by atoms with van der Waals surface area (Å²) in [5.41, 5.74) is 0.606. The maximum absolute atomic E-state index is 13.1. The van der Waals surface area contributed by atoms with E-state index in [2.05, 4.69) is 10.0 Å². The van der Waals surface area contributed by atoms with Gasteiger partial charge in [0.1, 0.15) is 16.5 Å². The lowest BCUT2D eigenvalue weighted by atomic mass is 10.3. The molecule has 0 fully saturated rings. The fourth-order valence-electron chi connectivity index (χ4n) is 1.91. The third-order valence-corrected chi connectivity index (χ3v) is 4.21. The van der Waals surface area contributed by atoms with E-state index in [0.29, 0.717) is 12.6 Å². The van der Waals surface area contributed by atoms with Crippen molar-refractivity contribution >= 4 is 15.7 Å². The van der Waals surface area contributed by atoms with Crippen LogP contribution in [0.25, 0.3) is 0 Å². The second-order valence-electron chi connectivity index (χ2n) is 4.57. The number of halogens is 2. The Balaban J connectivity index is 2.31. The van der Waals surface area contributed by atoms with Gasteiger partial charge in [-0.25, -0.2) is 17.2 Å². The summed E-state index contributed by atoms with van der Waals surface area (Å²) >= 11 is 0. The fraction of sp³-hybridized carbons (Fsp3) is 0.231. The van der Waals surface area contributed by atoms with Crippen LogP contribution in [-0.2, 0) is 23.6 Å². The number of nitrogens with zero attached hydrogens (tertiary/aromatic N) is 1. The topological polar surface area (TPSA) is 63.1 Å². The molecular formula is C13H15F2N3O2S. The first-order valence-corrected chi connectivity index (χ1v) is 7.59. The Morgan fingerprint density at radius 3 is 2.33 bits per heavy atom. The van der Waals surface area contributed by atoms with Gasteiger partial charge < -0.3 is 9.88 Å². The molecule has 2 rings (SSSR count). The number of benzene rings is 1. The van der Waals surface area contributed by atoms with E-state index < -0.39 is 21.7 Å². The number of aryl methyl sites for hydroxylation is 1. The van der Waals surface area contributed by atoms with E-state index >= 15 is 0 Å². The first-order chi connectivity index (χ1) is 9.81. The molecule has 114 valence electrons. The summed E-state index contributed by atoms with van der Waals surface area (Å²) in [5, 5.41) is 2.92. The highest BCUT2D eigenvalue weighted by molar-refractivity contribution is 7.92. The Morgan fingerprint density at radius 2 is 1.76 bits per heavy atom. The van der Waals surface area contributed by atoms with E-state index in [4.69, 9.17) is 0 Å². The summed E-state index contributed by atoms with van der Waals surface area (Å²) in [6.45, 7) is 0.501. The summed E-state index contributed by atoms with van der Waals surface area (Å²) in [6.07, 6.45) is 1.44. The minimum atomic E-state index is -3.90. The standard InChI is InChI=1S/C13H15F2N3O2S/c1-16-7-12-6-13(8-18(12)2)21(19,20)17-11-4-9(14)3-10(15)5-11/h3-6,8,16-17H,7H2,1-2H3. The fourth-order valence-corrected chi connectivity index (χ4v) is 3.04. The smallest absolute Gasteiger partial charge is 0.263 e. The Bertz CT molecular complexity index is 737. The molecule has 0 saturated heterocycles. The van der Waals surface area contributed by atoms with Gasteiger partial charge in [-0.15, -0.1) is 0 Å². The highest BCUT2D eigenvalue weighted by atomic mass is 32.2. The van der Waals surface area contributed by atoms with Crippen molar-refractivity contribution in [2.24, 2.45) is 7.05 Å². The normalized spacial score (nSPS) is 11.6. The molecule has 0 aliphatic carbocycles. The van der Waals surface area contributed by atoms with Gasteiger partial charge in [0.05, 0.1) is 5.69 Å². The zero-order chi connectivity index (χ0) is 15.6. The Labute approximate surface area is 121 Å². The number of rotatable bonds is 5. The zero-order valence-corrected chi connectivity index (χ0v) is 12.3. The van der Waals surface area contributed by atoms with Gasteiger partial charge in [-0.05, 0) is 25.2 Å². The summed E-state index contributed by atoms with van der Waals surface area (Å²) in [5.74, 6) is -1.70. The van der Waals surface area contributed by atoms with Crippen LogP contribution in [0.4, 0.5) is 14.5 Å². The number of aromatic nitrogens is 1. The molecule has 0 radical (unpaired) electrons. The van der Waals surface area contributed by atoms with Crippen molar-refractivity contribution in [2.75, 3.05) is 11.8 Å². The molecule has 5 nitrogen and oxygen atoms in total. The molecule has 2 N–H and O–H groups in total. The highest BCUT2D eigenvalue weighted by Crippen LogP contribution is 2.20. The van der Waals surface area contributed by atoms with E-state index in [0.717, 1.165) is 17.8 Å².